The second kappa shape index (κ2) is 8.06. The number of ether oxygens (including phenoxy) is 2. The number of hydrogen-bond donors (Lipinski definition) is 0. The molecule has 162 valence electrons. The van der Waals surface area contributed by atoms with Crippen molar-refractivity contribution >= 4 is 11.9 Å². The first-order chi connectivity index (χ1) is 16.0. The van der Waals surface area contributed by atoms with Crippen LogP contribution in [0.1, 0.15) is 36.1 Å². The highest BCUT2D eigenvalue weighted by molar-refractivity contribution is 5.86. The molecule has 0 saturated heterocycles. The summed E-state index contributed by atoms with van der Waals surface area (Å²) < 4.78 is 10.5. The molecule has 4 aromatic carbocycles. The van der Waals surface area contributed by atoms with E-state index in [4.69, 9.17) is 9.47 Å². The van der Waals surface area contributed by atoms with Crippen molar-refractivity contribution in [1.82, 2.24) is 0 Å². The molecule has 0 unspecified atom stereocenters. The maximum atomic E-state index is 11.4. The molecule has 0 atom stereocenters. The molecule has 0 N–H and O–H groups in total. The Morgan fingerprint density at radius 1 is 0.545 bits per heavy atom. The molecule has 0 spiro atoms. The highest BCUT2D eigenvalue weighted by Crippen LogP contribution is 2.56. The van der Waals surface area contributed by atoms with Crippen molar-refractivity contribution in [1.29, 1.82) is 0 Å². The molecular weight excluding hydrogens is 412 g/mol. The van der Waals surface area contributed by atoms with Crippen LogP contribution in [-0.4, -0.2) is 11.9 Å². The van der Waals surface area contributed by atoms with Crippen molar-refractivity contribution in [2.45, 2.75) is 19.3 Å². The van der Waals surface area contributed by atoms with Crippen molar-refractivity contribution < 1.29 is 19.1 Å². The molecule has 0 saturated carbocycles. The second-order valence-corrected chi connectivity index (χ2v) is 8.08. The summed E-state index contributed by atoms with van der Waals surface area (Å²) in [4.78, 5) is 22.8. The summed E-state index contributed by atoms with van der Waals surface area (Å²) in [5, 5.41) is 0. The molecular formula is C29H22O4. The van der Waals surface area contributed by atoms with E-state index in [9.17, 15) is 9.59 Å². The zero-order valence-electron chi connectivity index (χ0n) is 18.4. The minimum absolute atomic E-state index is 0.352. The first kappa shape index (κ1) is 20.7. The summed E-state index contributed by atoms with van der Waals surface area (Å²) in [6.45, 7) is 2.78. The Morgan fingerprint density at radius 3 is 1.27 bits per heavy atom. The van der Waals surface area contributed by atoms with Crippen LogP contribution < -0.4 is 9.47 Å². The van der Waals surface area contributed by atoms with Crippen molar-refractivity contribution in [3.05, 3.63) is 119 Å². The minimum Gasteiger partial charge on any atom is -0.427 e. The number of rotatable bonds is 4. The summed E-state index contributed by atoms with van der Waals surface area (Å²) >= 11 is 0. The second-order valence-electron chi connectivity index (χ2n) is 8.08. The Bertz CT molecular complexity index is 1240. The third-order valence-electron chi connectivity index (χ3n) is 6.05. The lowest BCUT2D eigenvalue weighted by molar-refractivity contribution is -0.132. The third-order valence-corrected chi connectivity index (χ3v) is 6.05. The molecule has 1 aliphatic carbocycles. The quantitative estimate of drug-likeness (QED) is 0.261. The number of esters is 2. The number of hydrogen-bond acceptors (Lipinski definition) is 4. The molecule has 33 heavy (non-hydrogen) atoms. The Hall–Kier alpha value is -4.18. The van der Waals surface area contributed by atoms with Crippen LogP contribution >= 0.6 is 0 Å². The van der Waals surface area contributed by atoms with E-state index >= 15 is 0 Å². The Kier molecular flexibility index (Phi) is 5.06. The van der Waals surface area contributed by atoms with E-state index in [0.717, 1.165) is 11.1 Å². The van der Waals surface area contributed by atoms with Gasteiger partial charge in [0.1, 0.15) is 11.5 Å². The molecule has 4 aromatic rings. The smallest absolute Gasteiger partial charge is 0.308 e. The van der Waals surface area contributed by atoms with Crippen LogP contribution in [0.25, 0.3) is 11.1 Å². The van der Waals surface area contributed by atoms with E-state index in [-0.39, 0.29) is 11.9 Å². The molecule has 0 amide bonds. The maximum Gasteiger partial charge on any atom is 0.308 e. The van der Waals surface area contributed by atoms with Crippen molar-refractivity contribution in [2.75, 3.05) is 0 Å². The largest absolute Gasteiger partial charge is 0.427 e. The molecule has 0 bridgehead atoms. The van der Waals surface area contributed by atoms with Gasteiger partial charge in [-0.25, -0.2) is 0 Å². The zero-order chi connectivity index (χ0) is 23.0. The molecule has 0 aliphatic heterocycles. The average molecular weight is 434 g/mol. The van der Waals surface area contributed by atoms with E-state index in [0.29, 0.717) is 11.5 Å². The third kappa shape index (κ3) is 3.40. The molecule has 1 aliphatic rings. The predicted octanol–water partition coefficient (Wildman–Crippen LogP) is 5.90. The highest BCUT2D eigenvalue weighted by Gasteiger charge is 2.45. The molecule has 0 fully saturated rings. The lowest BCUT2D eigenvalue weighted by Crippen LogP contribution is -2.28. The molecule has 4 heteroatoms. The van der Waals surface area contributed by atoms with Gasteiger partial charge in [0, 0.05) is 13.8 Å². The Morgan fingerprint density at radius 2 is 0.909 bits per heavy atom. The number of benzene rings is 4. The summed E-state index contributed by atoms with van der Waals surface area (Å²) in [5.74, 6) is 0.308. The summed E-state index contributed by atoms with van der Waals surface area (Å²) in [6, 6.07) is 32.2. The van der Waals surface area contributed by atoms with E-state index in [2.05, 4.69) is 48.5 Å². The fraction of sp³-hybridized carbons (Fsp3) is 0.103. The van der Waals surface area contributed by atoms with Crippen LogP contribution in [-0.2, 0) is 15.0 Å². The number of fused-ring (bicyclic) bond motifs is 3. The fourth-order valence-electron chi connectivity index (χ4n) is 4.90. The average Bonchev–Trinajstić information content (AvgIpc) is 3.11. The van der Waals surface area contributed by atoms with Gasteiger partial charge in [-0.05, 0) is 57.6 Å². The highest BCUT2D eigenvalue weighted by atomic mass is 16.5. The first-order valence-corrected chi connectivity index (χ1v) is 10.8. The van der Waals surface area contributed by atoms with Crippen LogP contribution in [0.4, 0.5) is 0 Å². The van der Waals surface area contributed by atoms with Gasteiger partial charge in [-0.3, -0.25) is 9.59 Å². The van der Waals surface area contributed by atoms with Gasteiger partial charge in [-0.1, -0.05) is 72.8 Å². The van der Waals surface area contributed by atoms with Crippen LogP contribution in [0.3, 0.4) is 0 Å². The fourth-order valence-corrected chi connectivity index (χ4v) is 4.90. The standard InChI is InChI=1S/C29H22O4/c1-19(30)32-23-15-11-21(12-16-23)29(22-13-17-24(18-14-22)33-20(2)31)27-9-5-3-7-25(27)26-8-4-6-10-28(26)29/h3-18H,1-2H3. The first-order valence-electron chi connectivity index (χ1n) is 10.8. The molecule has 4 nitrogen and oxygen atoms in total. The van der Waals surface area contributed by atoms with Crippen molar-refractivity contribution in [2.24, 2.45) is 0 Å². The summed E-state index contributed by atoms with van der Waals surface area (Å²) in [7, 11) is 0. The van der Waals surface area contributed by atoms with Gasteiger partial charge in [0.2, 0.25) is 0 Å². The minimum atomic E-state index is -0.573. The summed E-state index contributed by atoms with van der Waals surface area (Å²) in [5.41, 5.74) is 6.24. The van der Waals surface area contributed by atoms with Crippen molar-refractivity contribution in [3.8, 4) is 22.6 Å². The lowest BCUT2D eigenvalue weighted by Gasteiger charge is -2.34. The number of carbonyl (C=O) groups is 2. The van der Waals surface area contributed by atoms with Gasteiger partial charge in [0.15, 0.2) is 0 Å². The topological polar surface area (TPSA) is 52.6 Å². The van der Waals surface area contributed by atoms with E-state index in [1.54, 1.807) is 0 Å². The number of carbonyl (C=O) groups excluding carboxylic acids is 2. The maximum absolute atomic E-state index is 11.4. The molecule has 5 rings (SSSR count). The molecule has 0 radical (unpaired) electrons. The monoisotopic (exact) mass is 434 g/mol. The van der Waals surface area contributed by atoms with Crippen LogP contribution in [0.2, 0.25) is 0 Å². The van der Waals surface area contributed by atoms with Gasteiger partial charge in [-0.15, -0.1) is 0 Å². The van der Waals surface area contributed by atoms with Gasteiger partial charge < -0.3 is 9.47 Å². The van der Waals surface area contributed by atoms with Gasteiger partial charge in [-0.2, -0.15) is 0 Å². The predicted molar refractivity (Wildman–Crippen MR) is 126 cm³/mol. The normalized spacial score (nSPS) is 13.0. The SMILES string of the molecule is CC(=O)Oc1ccc(C2(c3ccc(OC(C)=O)cc3)c3ccccc3-c3ccccc32)cc1. The zero-order valence-corrected chi connectivity index (χ0v) is 18.4. The van der Waals surface area contributed by atoms with Crippen molar-refractivity contribution in [3.63, 3.8) is 0 Å². The lowest BCUT2D eigenvalue weighted by atomic mass is 9.68. The summed E-state index contributed by atoms with van der Waals surface area (Å²) in [6.07, 6.45) is 0. The molecule has 0 heterocycles. The Labute approximate surface area is 192 Å². The van der Waals surface area contributed by atoms with Crippen LogP contribution in [0.5, 0.6) is 11.5 Å². The van der Waals surface area contributed by atoms with E-state index in [1.165, 1.54) is 36.1 Å². The van der Waals surface area contributed by atoms with Crippen LogP contribution in [0, 0.1) is 0 Å². The molecule has 0 aromatic heterocycles. The Balaban J connectivity index is 1.77. The van der Waals surface area contributed by atoms with Gasteiger partial charge in [0.05, 0.1) is 5.41 Å². The van der Waals surface area contributed by atoms with Gasteiger partial charge in [0.25, 0.3) is 0 Å². The van der Waals surface area contributed by atoms with Gasteiger partial charge >= 0.3 is 11.9 Å². The van der Waals surface area contributed by atoms with Crippen LogP contribution in [0.15, 0.2) is 97.1 Å². The van der Waals surface area contributed by atoms with E-state index in [1.807, 2.05) is 48.5 Å². The van der Waals surface area contributed by atoms with E-state index < -0.39 is 5.41 Å².